The van der Waals surface area contributed by atoms with E-state index in [9.17, 15) is 9.36 Å². The maximum Gasteiger partial charge on any atom is 0.331 e. The Morgan fingerprint density at radius 3 is 2.57 bits per heavy atom. The topological polar surface area (TPSA) is 55.8 Å². The number of carbonyl (C=O) groups excluding carboxylic acids is 1. The Bertz CT molecular complexity index is 613. The molecule has 2 rings (SSSR count). The van der Waals surface area contributed by atoms with Crippen molar-refractivity contribution in [2.75, 3.05) is 31.8 Å². The lowest BCUT2D eigenvalue weighted by Gasteiger charge is -2.28. The van der Waals surface area contributed by atoms with Gasteiger partial charge in [0.15, 0.2) is 0 Å². The Morgan fingerprint density at radius 2 is 2.05 bits per heavy atom. The van der Waals surface area contributed by atoms with Gasteiger partial charge in [-0.15, -0.1) is 0 Å². The van der Waals surface area contributed by atoms with Crippen molar-refractivity contribution in [1.82, 2.24) is 0 Å². The predicted octanol–water partition coefficient (Wildman–Crippen LogP) is 3.56. The molecule has 0 radical (unpaired) electrons. The second-order valence-electron chi connectivity index (χ2n) is 5.46. The van der Waals surface area contributed by atoms with E-state index in [2.05, 4.69) is 15.9 Å². The van der Waals surface area contributed by atoms with Crippen molar-refractivity contribution in [3.05, 3.63) is 28.2 Å². The van der Waals surface area contributed by atoms with Gasteiger partial charge in [-0.3, -0.25) is 9.36 Å². The summed E-state index contributed by atoms with van der Waals surface area (Å²) in [6.07, 6.45) is 0.222. The number of hydrogen-bond acceptors (Lipinski definition) is 4. The van der Waals surface area contributed by atoms with E-state index in [4.69, 9.17) is 9.05 Å². The highest BCUT2D eigenvalue weighted by Crippen LogP contribution is 2.55. The van der Waals surface area contributed by atoms with Crippen molar-refractivity contribution in [1.29, 1.82) is 0 Å². The molecule has 1 unspecified atom stereocenters. The fourth-order valence-electron chi connectivity index (χ4n) is 2.79. The highest BCUT2D eigenvalue weighted by molar-refractivity contribution is 9.10. The van der Waals surface area contributed by atoms with Crippen LogP contribution >= 0.6 is 23.5 Å². The lowest BCUT2D eigenvalue weighted by Crippen LogP contribution is -2.36. The SMILES string of the molecule is COP(=O)(CC1(C)CN(C(C)=O)c2ccc(Br)cc21)OC. The molecule has 5 nitrogen and oxygen atoms in total. The van der Waals surface area contributed by atoms with E-state index < -0.39 is 13.0 Å². The van der Waals surface area contributed by atoms with Gasteiger partial charge in [0.05, 0.1) is 6.16 Å². The Hall–Kier alpha value is -0.680. The van der Waals surface area contributed by atoms with Crippen LogP contribution < -0.4 is 4.90 Å². The molecule has 0 fully saturated rings. The minimum absolute atomic E-state index is 0.0352. The Kier molecular flexibility index (Phi) is 4.64. The van der Waals surface area contributed by atoms with Crippen LogP contribution in [0.5, 0.6) is 0 Å². The van der Waals surface area contributed by atoms with Gasteiger partial charge >= 0.3 is 7.60 Å². The molecule has 21 heavy (non-hydrogen) atoms. The van der Waals surface area contributed by atoms with Gasteiger partial charge in [-0.1, -0.05) is 22.9 Å². The molecule has 0 spiro atoms. The first kappa shape index (κ1) is 16.7. The summed E-state index contributed by atoms with van der Waals surface area (Å²) in [5, 5.41) is 0. The predicted molar refractivity (Wildman–Crippen MR) is 86.0 cm³/mol. The van der Waals surface area contributed by atoms with E-state index in [1.54, 1.807) is 4.90 Å². The van der Waals surface area contributed by atoms with Gasteiger partial charge in [0.1, 0.15) is 0 Å². The van der Waals surface area contributed by atoms with Crippen molar-refractivity contribution < 1.29 is 18.4 Å². The first-order valence-corrected chi connectivity index (χ1v) is 9.05. The normalized spacial score (nSPS) is 21.5. The van der Waals surface area contributed by atoms with Crippen molar-refractivity contribution in [3.8, 4) is 0 Å². The van der Waals surface area contributed by atoms with E-state index in [1.165, 1.54) is 21.1 Å². The minimum Gasteiger partial charge on any atom is -0.312 e. The first-order valence-electron chi connectivity index (χ1n) is 6.53. The summed E-state index contributed by atoms with van der Waals surface area (Å²) >= 11 is 3.45. The highest BCUT2D eigenvalue weighted by atomic mass is 79.9. The molecule has 0 N–H and O–H groups in total. The summed E-state index contributed by atoms with van der Waals surface area (Å²) in [6, 6.07) is 5.76. The number of amides is 1. The quantitative estimate of drug-likeness (QED) is 0.755. The molecular formula is C14H19BrNO4P. The summed E-state index contributed by atoms with van der Waals surface area (Å²) in [4.78, 5) is 13.6. The molecule has 1 heterocycles. The molecule has 1 aromatic carbocycles. The average molecular weight is 376 g/mol. The van der Waals surface area contributed by atoms with E-state index >= 15 is 0 Å². The van der Waals surface area contributed by atoms with Crippen LogP contribution in [0.1, 0.15) is 19.4 Å². The second-order valence-corrected chi connectivity index (χ2v) is 8.65. The highest BCUT2D eigenvalue weighted by Gasteiger charge is 2.45. The number of benzene rings is 1. The molecule has 0 aromatic heterocycles. The second kappa shape index (κ2) is 5.84. The van der Waals surface area contributed by atoms with Gasteiger partial charge in [-0.05, 0) is 23.8 Å². The van der Waals surface area contributed by atoms with Crippen LogP contribution in [0.3, 0.4) is 0 Å². The summed E-state index contributed by atoms with van der Waals surface area (Å²) in [5.74, 6) is -0.0352. The van der Waals surface area contributed by atoms with Gasteiger partial charge < -0.3 is 13.9 Å². The third kappa shape index (κ3) is 3.09. The van der Waals surface area contributed by atoms with Crippen LogP contribution in [0.4, 0.5) is 5.69 Å². The largest absolute Gasteiger partial charge is 0.331 e. The Morgan fingerprint density at radius 1 is 1.43 bits per heavy atom. The summed E-state index contributed by atoms with van der Waals surface area (Å²) in [7, 11) is -0.412. The molecule has 1 aromatic rings. The van der Waals surface area contributed by atoms with Gasteiger partial charge in [-0.25, -0.2) is 0 Å². The smallest absolute Gasteiger partial charge is 0.312 e. The molecule has 0 aliphatic carbocycles. The third-order valence-corrected chi connectivity index (χ3v) is 6.58. The molecule has 1 aliphatic heterocycles. The van der Waals surface area contributed by atoms with E-state index in [0.717, 1.165) is 15.7 Å². The van der Waals surface area contributed by atoms with Gasteiger partial charge in [-0.2, -0.15) is 0 Å². The van der Waals surface area contributed by atoms with E-state index in [1.807, 2.05) is 25.1 Å². The monoisotopic (exact) mass is 375 g/mol. The average Bonchev–Trinajstić information content (AvgIpc) is 2.72. The number of halogens is 1. The van der Waals surface area contributed by atoms with Crippen LogP contribution in [0.2, 0.25) is 0 Å². The van der Waals surface area contributed by atoms with Crippen LogP contribution in [0.15, 0.2) is 22.7 Å². The number of rotatable bonds is 4. The molecular weight excluding hydrogens is 357 g/mol. The molecule has 1 atom stereocenters. The van der Waals surface area contributed by atoms with Crippen molar-refractivity contribution >= 4 is 35.1 Å². The van der Waals surface area contributed by atoms with Crippen LogP contribution in [0.25, 0.3) is 0 Å². The third-order valence-electron chi connectivity index (χ3n) is 3.89. The fraction of sp³-hybridized carbons (Fsp3) is 0.500. The zero-order chi connectivity index (χ0) is 15.8. The van der Waals surface area contributed by atoms with Gasteiger partial charge in [0.2, 0.25) is 5.91 Å². The van der Waals surface area contributed by atoms with Crippen LogP contribution in [0, 0.1) is 0 Å². The maximum atomic E-state index is 12.5. The maximum absolute atomic E-state index is 12.5. The van der Waals surface area contributed by atoms with Gasteiger partial charge in [0.25, 0.3) is 0 Å². The molecule has 116 valence electrons. The fourth-order valence-corrected chi connectivity index (χ4v) is 4.69. The number of anilines is 1. The molecule has 0 bridgehead atoms. The van der Waals surface area contributed by atoms with E-state index in [-0.39, 0.29) is 12.1 Å². The minimum atomic E-state index is -3.18. The first-order chi connectivity index (χ1) is 9.74. The van der Waals surface area contributed by atoms with Crippen molar-refractivity contribution in [2.45, 2.75) is 19.3 Å². The molecule has 7 heteroatoms. The zero-order valence-electron chi connectivity index (χ0n) is 12.6. The molecule has 0 saturated carbocycles. The van der Waals surface area contributed by atoms with Gasteiger partial charge in [0, 0.05) is 43.3 Å². The number of hydrogen-bond donors (Lipinski definition) is 0. The van der Waals surface area contributed by atoms with Crippen molar-refractivity contribution in [3.63, 3.8) is 0 Å². The van der Waals surface area contributed by atoms with Crippen LogP contribution in [-0.4, -0.2) is 32.8 Å². The Labute approximate surface area is 133 Å². The number of fused-ring (bicyclic) bond motifs is 1. The number of nitrogens with zero attached hydrogens (tertiary/aromatic N) is 1. The summed E-state index contributed by atoms with van der Waals surface area (Å²) in [5.41, 5.74) is 1.35. The lowest BCUT2D eigenvalue weighted by atomic mass is 9.87. The number of carbonyl (C=O) groups is 1. The van der Waals surface area contributed by atoms with E-state index in [0.29, 0.717) is 6.54 Å². The zero-order valence-corrected chi connectivity index (χ0v) is 15.0. The molecule has 1 amide bonds. The molecule has 0 saturated heterocycles. The molecule has 1 aliphatic rings. The lowest BCUT2D eigenvalue weighted by molar-refractivity contribution is -0.116. The Balaban J connectivity index is 2.49. The van der Waals surface area contributed by atoms with Crippen LogP contribution in [-0.2, 0) is 23.8 Å². The summed E-state index contributed by atoms with van der Waals surface area (Å²) < 4.78 is 23.6. The summed E-state index contributed by atoms with van der Waals surface area (Å²) in [6.45, 7) is 3.97. The standard InChI is InChI=1S/C14H19BrNO4P/c1-10(17)16-8-14(2,9-21(18,19-3)20-4)12-7-11(15)5-6-13(12)16/h5-7H,8-9H2,1-4H3. The van der Waals surface area contributed by atoms with Crippen molar-refractivity contribution in [2.24, 2.45) is 0 Å².